The highest BCUT2D eigenvalue weighted by molar-refractivity contribution is 5.57. The monoisotopic (exact) mass is 514 g/mol. The van der Waals surface area contributed by atoms with Crippen molar-refractivity contribution in [2.24, 2.45) is 0 Å². The summed E-state index contributed by atoms with van der Waals surface area (Å²) < 4.78 is 26.2. The lowest BCUT2D eigenvalue weighted by Gasteiger charge is -2.09. The average molecular weight is 515 g/mol. The zero-order valence-corrected chi connectivity index (χ0v) is 23.6. The summed E-state index contributed by atoms with van der Waals surface area (Å²) in [7, 11) is 0. The molecule has 0 bridgehead atoms. The van der Waals surface area contributed by atoms with Gasteiger partial charge in [0.1, 0.15) is 11.6 Å². The van der Waals surface area contributed by atoms with Crippen LogP contribution in [0, 0.1) is 5.82 Å². The molecule has 1 heterocycles. The molecule has 4 nitrogen and oxygen atoms in total. The molecule has 0 saturated heterocycles. The molecule has 208 valence electrons. The van der Waals surface area contributed by atoms with Crippen LogP contribution in [0.3, 0.4) is 0 Å². The Morgan fingerprint density at radius 2 is 1.00 bits per heavy atom. The van der Waals surface area contributed by atoms with Gasteiger partial charge in [-0.15, -0.1) is 0 Å². The minimum absolute atomic E-state index is 0.360. The number of benzene rings is 1. The van der Waals surface area contributed by atoms with Crippen LogP contribution in [0.2, 0.25) is 0 Å². The standard InChI is InChI=1S/C32H51FN2O2/c1-3-5-7-9-11-13-14-16-18-20-24-37-29-26-34-32(35-27-29)30-22-21-28(25-31(30)33)36-23-19-17-15-12-10-8-6-4-2/h21-22,25-27H,3-20,23-24H2,1-2H3. The van der Waals surface area contributed by atoms with Crippen molar-refractivity contribution in [1.82, 2.24) is 9.97 Å². The van der Waals surface area contributed by atoms with Crippen LogP contribution >= 0.6 is 0 Å². The normalized spacial score (nSPS) is 11.1. The first kappa shape index (κ1) is 31.1. The molecule has 5 heteroatoms. The van der Waals surface area contributed by atoms with E-state index in [1.807, 2.05) is 0 Å². The van der Waals surface area contributed by atoms with E-state index >= 15 is 0 Å². The van der Waals surface area contributed by atoms with E-state index in [2.05, 4.69) is 23.8 Å². The maximum Gasteiger partial charge on any atom is 0.162 e. The SMILES string of the molecule is CCCCCCCCCCCCOc1cnc(-c2ccc(OCCCCCCCCCC)cc2F)nc1. The van der Waals surface area contributed by atoms with Crippen molar-refractivity contribution in [3.63, 3.8) is 0 Å². The molecule has 0 aliphatic heterocycles. The number of aromatic nitrogens is 2. The third-order valence-electron chi connectivity index (χ3n) is 6.84. The molecule has 0 fully saturated rings. The van der Waals surface area contributed by atoms with Gasteiger partial charge in [0.25, 0.3) is 0 Å². The van der Waals surface area contributed by atoms with E-state index in [0.717, 1.165) is 19.3 Å². The summed E-state index contributed by atoms with van der Waals surface area (Å²) in [4.78, 5) is 8.63. The third-order valence-corrected chi connectivity index (χ3v) is 6.84. The molecule has 0 radical (unpaired) electrons. The van der Waals surface area contributed by atoms with Gasteiger partial charge in [-0.1, -0.05) is 117 Å². The van der Waals surface area contributed by atoms with E-state index in [1.54, 1.807) is 24.5 Å². The predicted molar refractivity (Wildman–Crippen MR) is 153 cm³/mol. The average Bonchev–Trinajstić information content (AvgIpc) is 2.91. The van der Waals surface area contributed by atoms with Crippen LogP contribution < -0.4 is 9.47 Å². The Balaban J connectivity index is 1.59. The number of ether oxygens (including phenoxy) is 2. The summed E-state index contributed by atoms with van der Waals surface area (Å²) in [6.45, 7) is 5.79. The van der Waals surface area contributed by atoms with Gasteiger partial charge >= 0.3 is 0 Å². The highest BCUT2D eigenvalue weighted by Crippen LogP contribution is 2.25. The second-order valence-electron chi connectivity index (χ2n) is 10.2. The van der Waals surface area contributed by atoms with E-state index in [9.17, 15) is 4.39 Å². The molecule has 0 aliphatic rings. The first-order valence-corrected chi connectivity index (χ1v) is 15.1. The van der Waals surface area contributed by atoms with Crippen molar-refractivity contribution in [3.05, 3.63) is 36.4 Å². The molecular weight excluding hydrogens is 463 g/mol. The summed E-state index contributed by atoms with van der Waals surface area (Å²) in [6.07, 6.45) is 26.2. The molecule has 0 amide bonds. The van der Waals surface area contributed by atoms with Crippen LogP contribution in [0.4, 0.5) is 4.39 Å². The molecular formula is C32H51FN2O2. The van der Waals surface area contributed by atoms with Crippen LogP contribution in [0.1, 0.15) is 129 Å². The Morgan fingerprint density at radius 3 is 1.46 bits per heavy atom. The van der Waals surface area contributed by atoms with E-state index < -0.39 is 0 Å². The summed E-state index contributed by atoms with van der Waals surface area (Å²) in [6, 6.07) is 4.92. The fraction of sp³-hybridized carbons (Fsp3) is 0.688. The van der Waals surface area contributed by atoms with Gasteiger partial charge in [-0.3, -0.25) is 0 Å². The molecule has 0 atom stereocenters. The first-order valence-electron chi connectivity index (χ1n) is 15.1. The molecule has 2 rings (SSSR count). The Labute approximate surface area is 225 Å². The molecule has 0 saturated carbocycles. The Bertz CT molecular complexity index is 813. The van der Waals surface area contributed by atoms with Gasteiger partial charge in [0.05, 0.1) is 31.2 Å². The van der Waals surface area contributed by atoms with E-state index in [1.165, 1.54) is 102 Å². The number of halogens is 1. The molecule has 2 aromatic rings. The van der Waals surface area contributed by atoms with Crippen molar-refractivity contribution in [2.75, 3.05) is 13.2 Å². The second-order valence-corrected chi connectivity index (χ2v) is 10.2. The van der Waals surface area contributed by atoms with E-state index in [4.69, 9.17) is 9.47 Å². The van der Waals surface area contributed by atoms with Crippen LogP contribution in [-0.4, -0.2) is 23.2 Å². The summed E-state index contributed by atoms with van der Waals surface area (Å²) >= 11 is 0. The Morgan fingerprint density at radius 1 is 0.568 bits per heavy atom. The zero-order chi connectivity index (χ0) is 26.4. The van der Waals surface area contributed by atoms with Crippen LogP contribution in [-0.2, 0) is 0 Å². The van der Waals surface area contributed by atoms with Gasteiger partial charge in [0.15, 0.2) is 11.6 Å². The maximum atomic E-state index is 14.7. The van der Waals surface area contributed by atoms with Gasteiger partial charge in [0, 0.05) is 6.07 Å². The summed E-state index contributed by atoms with van der Waals surface area (Å²) in [5.74, 6) is 1.18. The molecule has 0 spiro atoms. The molecule has 0 unspecified atom stereocenters. The number of hydrogen-bond donors (Lipinski definition) is 0. The molecule has 1 aromatic carbocycles. The lowest BCUT2D eigenvalue weighted by Crippen LogP contribution is -2.00. The van der Waals surface area contributed by atoms with Gasteiger partial charge in [-0.05, 0) is 25.0 Å². The van der Waals surface area contributed by atoms with E-state index in [0.29, 0.717) is 36.1 Å². The Kier molecular flexibility index (Phi) is 17.5. The van der Waals surface area contributed by atoms with Crippen LogP contribution in [0.5, 0.6) is 11.5 Å². The molecule has 0 N–H and O–H groups in total. The topological polar surface area (TPSA) is 44.2 Å². The van der Waals surface area contributed by atoms with Gasteiger partial charge in [-0.25, -0.2) is 14.4 Å². The van der Waals surface area contributed by atoms with Crippen molar-refractivity contribution < 1.29 is 13.9 Å². The number of rotatable bonds is 23. The number of unbranched alkanes of at least 4 members (excludes halogenated alkanes) is 16. The lowest BCUT2D eigenvalue weighted by atomic mass is 10.1. The van der Waals surface area contributed by atoms with E-state index in [-0.39, 0.29) is 5.82 Å². The second kappa shape index (κ2) is 20.8. The molecule has 0 aliphatic carbocycles. The van der Waals surface area contributed by atoms with Gasteiger partial charge in [-0.2, -0.15) is 0 Å². The smallest absolute Gasteiger partial charge is 0.162 e. The minimum atomic E-state index is -0.368. The Hall–Kier alpha value is -2.17. The quantitative estimate of drug-likeness (QED) is 0.138. The fourth-order valence-corrected chi connectivity index (χ4v) is 4.50. The van der Waals surface area contributed by atoms with Crippen LogP contribution in [0.25, 0.3) is 11.4 Å². The first-order chi connectivity index (χ1) is 18.2. The molecule has 1 aromatic heterocycles. The largest absolute Gasteiger partial charge is 0.493 e. The van der Waals surface area contributed by atoms with Crippen molar-refractivity contribution in [1.29, 1.82) is 0 Å². The minimum Gasteiger partial charge on any atom is -0.493 e. The van der Waals surface area contributed by atoms with Crippen molar-refractivity contribution >= 4 is 0 Å². The number of nitrogens with zero attached hydrogens (tertiary/aromatic N) is 2. The van der Waals surface area contributed by atoms with Gasteiger partial charge < -0.3 is 9.47 Å². The predicted octanol–water partition coefficient (Wildman–Crippen LogP) is 10.1. The fourth-order valence-electron chi connectivity index (χ4n) is 4.50. The number of hydrogen-bond acceptors (Lipinski definition) is 4. The highest BCUT2D eigenvalue weighted by atomic mass is 19.1. The zero-order valence-electron chi connectivity index (χ0n) is 23.6. The van der Waals surface area contributed by atoms with Crippen molar-refractivity contribution in [2.45, 2.75) is 129 Å². The highest BCUT2D eigenvalue weighted by Gasteiger charge is 2.10. The van der Waals surface area contributed by atoms with Crippen LogP contribution in [0.15, 0.2) is 30.6 Å². The van der Waals surface area contributed by atoms with Crippen molar-refractivity contribution in [3.8, 4) is 22.9 Å². The summed E-state index contributed by atoms with van der Waals surface area (Å²) in [5, 5.41) is 0. The lowest BCUT2D eigenvalue weighted by molar-refractivity contribution is 0.301. The third kappa shape index (κ3) is 14.4. The summed E-state index contributed by atoms with van der Waals surface area (Å²) in [5.41, 5.74) is 0.376. The van der Waals surface area contributed by atoms with Gasteiger partial charge in [0.2, 0.25) is 0 Å². The molecule has 37 heavy (non-hydrogen) atoms. The maximum absolute atomic E-state index is 14.7.